The fourth-order valence-electron chi connectivity index (χ4n) is 2.10. The first-order valence-electron chi connectivity index (χ1n) is 6.55. The lowest BCUT2D eigenvalue weighted by molar-refractivity contribution is 0.239. The van der Waals surface area contributed by atoms with Gasteiger partial charge in [0.05, 0.1) is 12.1 Å². The third-order valence-corrected chi connectivity index (χ3v) is 3.43. The lowest BCUT2D eigenvalue weighted by Gasteiger charge is -2.20. The highest BCUT2D eigenvalue weighted by Gasteiger charge is 2.22. The molecule has 0 heterocycles. The number of rotatable bonds is 4. The number of ether oxygens (including phenoxy) is 1. The zero-order chi connectivity index (χ0) is 15.6. The van der Waals surface area contributed by atoms with Crippen molar-refractivity contribution in [3.63, 3.8) is 0 Å². The van der Waals surface area contributed by atoms with Crippen LogP contribution in [0.2, 0.25) is 0 Å². The molecule has 21 heavy (non-hydrogen) atoms. The number of hydrogen-bond donors (Lipinski definition) is 1. The van der Waals surface area contributed by atoms with Crippen LogP contribution in [0.3, 0.4) is 0 Å². The molecule has 1 unspecified atom stereocenters. The van der Waals surface area contributed by atoms with Gasteiger partial charge in [-0.1, -0.05) is 34.1 Å². The number of para-hydroxylation sites is 1. The number of hydrogen-bond acceptors (Lipinski definition) is 2. The standard InChI is InChI=1S/C16H16BrF2NO/c1-9(2)21-14-6-4-3-5-11(14)16(20)15-12(18)7-10(17)8-13(15)19/h3-9,16H,20H2,1-2H3. The van der Waals surface area contributed by atoms with E-state index in [1.165, 1.54) is 12.1 Å². The first-order chi connectivity index (χ1) is 9.90. The van der Waals surface area contributed by atoms with Crippen LogP contribution in [-0.4, -0.2) is 6.10 Å². The Labute approximate surface area is 131 Å². The molecule has 2 aromatic rings. The van der Waals surface area contributed by atoms with E-state index in [1.807, 2.05) is 13.8 Å². The van der Waals surface area contributed by atoms with Crippen LogP contribution < -0.4 is 10.5 Å². The SMILES string of the molecule is CC(C)Oc1ccccc1C(N)c1c(F)cc(Br)cc1F. The van der Waals surface area contributed by atoms with Crippen LogP contribution in [0.4, 0.5) is 8.78 Å². The molecule has 1 atom stereocenters. The lowest BCUT2D eigenvalue weighted by Crippen LogP contribution is -2.18. The Balaban J connectivity index is 2.48. The molecule has 5 heteroatoms. The minimum Gasteiger partial charge on any atom is -0.491 e. The van der Waals surface area contributed by atoms with Crippen LogP contribution in [0.15, 0.2) is 40.9 Å². The van der Waals surface area contributed by atoms with Gasteiger partial charge in [-0.2, -0.15) is 0 Å². The summed E-state index contributed by atoms with van der Waals surface area (Å²) in [6.07, 6.45) is -0.0574. The number of nitrogens with two attached hydrogens (primary N) is 1. The summed E-state index contributed by atoms with van der Waals surface area (Å²) in [7, 11) is 0. The summed E-state index contributed by atoms with van der Waals surface area (Å²) in [4.78, 5) is 0. The molecule has 0 aliphatic carbocycles. The van der Waals surface area contributed by atoms with E-state index in [0.717, 1.165) is 0 Å². The van der Waals surface area contributed by atoms with Gasteiger partial charge in [0.15, 0.2) is 0 Å². The van der Waals surface area contributed by atoms with Gasteiger partial charge in [0.25, 0.3) is 0 Å². The Morgan fingerprint density at radius 1 is 1.10 bits per heavy atom. The van der Waals surface area contributed by atoms with E-state index in [4.69, 9.17) is 10.5 Å². The molecule has 2 aromatic carbocycles. The largest absolute Gasteiger partial charge is 0.491 e. The minimum absolute atomic E-state index is 0.0574. The van der Waals surface area contributed by atoms with Crippen molar-refractivity contribution in [2.75, 3.05) is 0 Å². The molecule has 0 saturated carbocycles. The van der Waals surface area contributed by atoms with Crippen molar-refractivity contribution >= 4 is 15.9 Å². The van der Waals surface area contributed by atoms with Gasteiger partial charge in [0, 0.05) is 15.6 Å². The Morgan fingerprint density at radius 2 is 1.67 bits per heavy atom. The van der Waals surface area contributed by atoms with Crippen molar-refractivity contribution in [2.45, 2.75) is 26.0 Å². The highest BCUT2D eigenvalue weighted by Crippen LogP contribution is 2.32. The van der Waals surface area contributed by atoms with Crippen molar-refractivity contribution < 1.29 is 13.5 Å². The van der Waals surface area contributed by atoms with E-state index in [9.17, 15) is 8.78 Å². The van der Waals surface area contributed by atoms with Crippen LogP contribution >= 0.6 is 15.9 Å². The molecule has 0 aliphatic rings. The van der Waals surface area contributed by atoms with E-state index >= 15 is 0 Å². The molecule has 0 saturated heterocycles. The highest BCUT2D eigenvalue weighted by molar-refractivity contribution is 9.10. The van der Waals surface area contributed by atoms with Gasteiger partial charge in [-0.3, -0.25) is 0 Å². The Bertz CT molecular complexity index is 623. The van der Waals surface area contributed by atoms with E-state index in [2.05, 4.69) is 15.9 Å². The van der Waals surface area contributed by atoms with Gasteiger partial charge in [0.1, 0.15) is 17.4 Å². The normalized spacial score (nSPS) is 12.5. The lowest BCUT2D eigenvalue weighted by atomic mass is 9.97. The maximum absolute atomic E-state index is 14.1. The maximum Gasteiger partial charge on any atom is 0.132 e. The zero-order valence-electron chi connectivity index (χ0n) is 11.7. The van der Waals surface area contributed by atoms with Crippen LogP contribution in [0.25, 0.3) is 0 Å². The topological polar surface area (TPSA) is 35.2 Å². The summed E-state index contributed by atoms with van der Waals surface area (Å²) in [5.74, 6) is -0.843. The van der Waals surface area contributed by atoms with Crippen LogP contribution in [-0.2, 0) is 0 Å². The Kier molecular flexibility index (Phi) is 4.96. The highest BCUT2D eigenvalue weighted by atomic mass is 79.9. The summed E-state index contributed by atoms with van der Waals surface area (Å²) in [6, 6.07) is 8.47. The quantitative estimate of drug-likeness (QED) is 0.872. The summed E-state index contributed by atoms with van der Waals surface area (Å²) in [6.45, 7) is 3.76. The molecule has 2 N–H and O–H groups in total. The second kappa shape index (κ2) is 6.54. The van der Waals surface area contributed by atoms with Crippen LogP contribution in [0.5, 0.6) is 5.75 Å². The molecule has 0 radical (unpaired) electrons. The monoisotopic (exact) mass is 355 g/mol. The minimum atomic E-state index is -0.937. The zero-order valence-corrected chi connectivity index (χ0v) is 13.3. The van der Waals surface area contributed by atoms with E-state index in [1.54, 1.807) is 24.3 Å². The van der Waals surface area contributed by atoms with Crippen LogP contribution in [0.1, 0.15) is 31.0 Å². The molecular weight excluding hydrogens is 340 g/mol. The molecule has 0 amide bonds. The van der Waals surface area contributed by atoms with Crippen molar-refractivity contribution in [1.29, 1.82) is 0 Å². The molecular formula is C16H16BrF2NO. The van der Waals surface area contributed by atoms with Crippen LogP contribution in [0, 0.1) is 11.6 Å². The third-order valence-electron chi connectivity index (χ3n) is 2.97. The first kappa shape index (κ1) is 15.9. The van der Waals surface area contributed by atoms with Gasteiger partial charge >= 0.3 is 0 Å². The van der Waals surface area contributed by atoms with Gasteiger partial charge < -0.3 is 10.5 Å². The molecule has 2 nitrogen and oxygen atoms in total. The fourth-order valence-corrected chi connectivity index (χ4v) is 2.51. The van der Waals surface area contributed by atoms with Gasteiger partial charge in [-0.05, 0) is 32.0 Å². The van der Waals surface area contributed by atoms with Gasteiger partial charge in [0.2, 0.25) is 0 Å². The second-order valence-electron chi connectivity index (χ2n) is 4.97. The molecule has 0 spiro atoms. The Morgan fingerprint density at radius 3 is 2.24 bits per heavy atom. The van der Waals surface area contributed by atoms with Gasteiger partial charge in [-0.25, -0.2) is 8.78 Å². The Hall–Kier alpha value is -1.46. The summed E-state index contributed by atoms with van der Waals surface area (Å²) >= 11 is 3.05. The van der Waals surface area contributed by atoms with E-state index < -0.39 is 17.7 Å². The molecule has 0 aromatic heterocycles. The van der Waals surface area contributed by atoms with E-state index in [-0.39, 0.29) is 11.7 Å². The predicted molar refractivity (Wildman–Crippen MR) is 82.3 cm³/mol. The molecule has 0 aliphatic heterocycles. The number of halogens is 3. The molecule has 0 bridgehead atoms. The predicted octanol–water partition coefficient (Wildman–Crippen LogP) is 4.56. The van der Waals surface area contributed by atoms with E-state index in [0.29, 0.717) is 15.8 Å². The smallest absolute Gasteiger partial charge is 0.132 e. The average molecular weight is 356 g/mol. The van der Waals surface area contributed by atoms with Gasteiger partial charge in [-0.15, -0.1) is 0 Å². The third kappa shape index (κ3) is 3.60. The summed E-state index contributed by atoms with van der Waals surface area (Å²) < 4.78 is 34.1. The fraction of sp³-hybridized carbons (Fsp3) is 0.250. The van der Waals surface area contributed by atoms with Crippen molar-refractivity contribution in [3.8, 4) is 5.75 Å². The second-order valence-corrected chi connectivity index (χ2v) is 5.88. The van der Waals surface area contributed by atoms with Crippen molar-refractivity contribution in [3.05, 3.63) is 63.6 Å². The molecule has 2 rings (SSSR count). The summed E-state index contributed by atoms with van der Waals surface area (Å²) in [5, 5.41) is 0. The maximum atomic E-state index is 14.1. The molecule has 112 valence electrons. The summed E-state index contributed by atoms with van der Waals surface area (Å²) in [5.41, 5.74) is 6.45. The van der Waals surface area contributed by atoms with Crippen molar-refractivity contribution in [1.82, 2.24) is 0 Å². The first-order valence-corrected chi connectivity index (χ1v) is 7.35. The van der Waals surface area contributed by atoms with Crippen molar-refractivity contribution in [2.24, 2.45) is 5.73 Å². The average Bonchev–Trinajstić information content (AvgIpc) is 2.37. The number of benzene rings is 2. The molecule has 0 fully saturated rings.